The predicted molar refractivity (Wildman–Crippen MR) is 75.8 cm³/mol. The Hall–Kier alpha value is -2.54. The van der Waals surface area contributed by atoms with E-state index in [1.807, 2.05) is 0 Å². The monoisotopic (exact) mass is 290 g/mol. The lowest BCUT2D eigenvalue weighted by Crippen LogP contribution is -2.15. The van der Waals surface area contributed by atoms with Crippen molar-refractivity contribution in [2.45, 2.75) is 0 Å². The van der Waals surface area contributed by atoms with Crippen LogP contribution in [-0.4, -0.2) is 25.3 Å². The number of amides is 1. The van der Waals surface area contributed by atoms with E-state index in [1.54, 1.807) is 37.5 Å². The van der Waals surface area contributed by atoms with Gasteiger partial charge in [0, 0.05) is 13.2 Å². The fraction of sp³-hybridized carbons (Fsp3) is 0.0833. The van der Waals surface area contributed by atoms with E-state index < -0.39 is 0 Å². The van der Waals surface area contributed by atoms with E-state index in [-0.39, 0.29) is 11.1 Å². The Bertz CT molecular complexity index is 805. The molecule has 0 spiro atoms. The lowest BCUT2D eigenvalue weighted by molar-refractivity contribution is 0.102. The molecule has 1 amide bonds. The van der Waals surface area contributed by atoms with Crippen molar-refractivity contribution in [3.8, 4) is 0 Å². The summed E-state index contributed by atoms with van der Waals surface area (Å²) in [5, 5.41) is 11.0. The van der Waals surface area contributed by atoms with Crippen LogP contribution in [0.5, 0.6) is 0 Å². The molecule has 0 bridgehead atoms. The third kappa shape index (κ3) is 2.08. The van der Waals surface area contributed by atoms with Crippen molar-refractivity contribution in [2.24, 2.45) is 7.05 Å². The van der Waals surface area contributed by atoms with Crippen LogP contribution in [0.15, 0.2) is 30.5 Å². The van der Waals surface area contributed by atoms with Gasteiger partial charge in [0.05, 0.1) is 11.2 Å². The van der Waals surface area contributed by atoms with Gasteiger partial charge in [-0.2, -0.15) is 10.2 Å². The van der Waals surface area contributed by atoms with Gasteiger partial charge in [0.2, 0.25) is 0 Å². The van der Waals surface area contributed by atoms with E-state index in [9.17, 15) is 4.79 Å². The zero-order chi connectivity index (χ0) is 14.3. The number of aromatic nitrogens is 4. The third-order valence-corrected chi connectivity index (χ3v) is 3.07. The number of nitrogens with two attached hydrogens (primary N) is 1. The molecule has 0 aliphatic carbocycles. The van der Waals surface area contributed by atoms with Crippen molar-refractivity contribution in [3.63, 3.8) is 0 Å². The number of anilines is 2. The maximum absolute atomic E-state index is 12.3. The second kappa shape index (κ2) is 4.53. The molecule has 0 saturated heterocycles. The molecule has 8 heteroatoms. The van der Waals surface area contributed by atoms with Crippen LogP contribution in [0, 0.1) is 0 Å². The number of fused-ring (bicyclic) bond motifs is 1. The number of hydrogen-bond acceptors (Lipinski definition) is 4. The quantitative estimate of drug-likeness (QED) is 0.749. The van der Waals surface area contributed by atoms with Crippen molar-refractivity contribution in [3.05, 3.63) is 41.3 Å². The Balaban J connectivity index is 1.96. The lowest BCUT2D eigenvalue weighted by atomic mass is 10.4. The topological polar surface area (TPSA) is 90.2 Å². The fourth-order valence-electron chi connectivity index (χ4n) is 1.91. The number of rotatable bonds is 2. The van der Waals surface area contributed by atoms with Gasteiger partial charge >= 0.3 is 0 Å². The van der Waals surface area contributed by atoms with Crippen molar-refractivity contribution in [1.29, 1.82) is 0 Å². The molecule has 3 heterocycles. The van der Waals surface area contributed by atoms with Gasteiger partial charge < -0.3 is 11.1 Å². The Labute approximate surface area is 118 Å². The lowest BCUT2D eigenvalue weighted by Gasteiger charge is -2.03. The van der Waals surface area contributed by atoms with Crippen molar-refractivity contribution < 1.29 is 4.79 Å². The minimum absolute atomic E-state index is 0.231. The summed E-state index contributed by atoms with van der Waals surface area (Å²) in [5.74, 6) is 0.000148. The van der Waals surface area contributed by atoms with Crippen molar-refractivity contribution in [1.82, 2.24) is 19.4 Å². The average molecular weight is 291 g/mol. The van der Waals surface area contributed by atoms with Gasteiger partial charge in [-0.25, -0.2) is 4.52 Å². The van der Waals surface area contributed by atoms with Crippen LogP contribution in [0.1, 0.15) is 10.5 Å². The summed E-state index contributed by atoms with van der Waals surface area (Å²) in [4.78, 5) is 12.3. The van der Waals surface area contributed by atoms with E-state index >= 15 is 0 Å². The van der Waals surface area contributed by atoms with Gasteiger partial charge in [0.25, 0.3) is 5.91 Å². The van der Waals surface area contributed by atoms with E-state index in [0.29, 0.717) is 17.2 Å². The van der Waals surface area contributed by atoms with Crippen LogP contribution in [0.4, 0.5) is 11.5 Å². The first-order valence-corrected chi connectivity index (χ1v) is 6.17. The third-order valence-electron chi connectivity index (χ3n) is 2.79. The Morgan fingerprint density at radius 2 is 2.05 bits per heavy atom. The average Bonchev–Trinajstić information content (AvgIpc) is 2.93. The summed E-state index contributed by atoms with van der Waals surface area (Å²) in [7, 11) is 1.72. The van der Waals surface area contributed by atoms with Gasteiger partial charge in [-0.3, -0.25) is 9.48 Å². The molecule has 3 aromatic heterocycles. The molecule has 20 heavy (non-hydrogen) atoms. The van der Waals surface area contributed by atoms with Crippen LogP contribution < -0.4 is 11.1 Å². The molecule has 3 aromatic rings. The van der Waals surface area contributed by atoms with Crippen LogP contribution in [0.25, 0.3) is 5.52 Å². The van der Waals surface area contributed by atoms with E-state index in [0.717, 1.165) is 5.52 Å². The first-order chi connectivity index (χ1) is 9.54. The molecular formula is C12H11ClN6O. The summed E-state index contributed by atoms with van der Waals surface area (Å²) < 4.78 is 3.00. The maximum atomic E-state index is 12.3. The molecular weight excluding hydrogens is 280 g/mol. The second-order valence-corrected chi connectivity index (χ2v) is 4.63. The number of carbonyl (C=O) groups excluding carboxylic acids is 1. The summed E-state index contributed by atoms with van der Waals surface area (Å²) in [5.41, 5.74) is 7.22. The molecule has 0 aliphatic rings. The molecule has 0 unspecified atom stereocenters. The van der Waals surface area contributed by atoms with Gasteiger partial charge in [-0.1, -0.05) is 11.6 Å². The van der Waals surface area contributed by atoms with Crippen LogP contribution >= 0.6 is 11.6 Å². The molecule has 0 saturated carbocycles. The van der Waals surface area contributed by atoms with E-state index in [4.69, 9.17) is 17.3 Å². The zero-order valence-electron chi connectivity index (χ0n) is 10.5. The summed E-state index contributed by atoms with van der Waals surface area (Å²) >= 11 is 5.90. The number of halogens is 1. The van der Waals surface area contributed by atoms with Crippen molar-refractivity contribution in [2.75, 3.05) is 11.1 Å². The number of nitrogens with zero attached hydrogens (tertiary/aromatic N) is 4. The Morgan fingerprint density at radius 1 is 1.30 bits per heavy atom. The van der Waals surface area contributed by atoms with E-state index in [1.165, 1.54) is 9.20 Å². The largest absolute Gasteiger partial charge is 0.382 e. The first kappa shape index (κ1) is 12.5. The molecule has 0 aliphatic heterocycles. The number of carbonyl (C=O) groups is 1. The van der Waals surface area contributed by atoms with E-state index in [2.05, 4.69) is 15.5 Å². The summed E-state index contributed by atoms with van der Waals surface area (Å²) in [6.07, 6.45) is 1.62. The SMILES string of the molecule is Cn1cc(NC(=O)c2ccc3ccc(N)nn23)c(Cl)n1. The minimum Gasteiger partial charge on any atom is -0.382 e. The fourth-order valence-corrected chi connectivity index (χ4v) is 2.12. The Morgan fingerprint density at radius 3 is 2.75 bits per heavy atom. The summed E-state index contributed by atoms with van der Waals surface area (Å²) in [6.45, 7) is 0. The molecule has 3 N–H and O–H groups in total. The normalized spacial score (nSPS) is 10.9. The predicted octanol–water partition coefficient (Wildman–Crippen LogP) is 1.56. The second-order valence-electron chi connectivity index (χ2n) is 4.27. The van der Waals surface area contributed by atoms with Gasteiger partial charge in [-0.05, 0) is 24.3 Å². The highest BCUT2D eigenvalue weighted by atomic mass is 35.5. The molecule has 0 aromatic carbocycles. The van der Waals surface area contributed by atoms with Gasteiger partial charge in [0.15, 0.2) is 5.15 Å². The highest BCUT2D eigenvalue weighted by Crippen LogP contribution is 2.20. The van der Waals surface area contributed by atoms with Gasteiger partial charge in [0.1, 0.15) is 11.5 Å². The molecule has 7 nitrogen and oxygen atoms in total. The zero-order valence-corrected chi connectivity index (χ0v) is 11.3. The van der Waals surface area contributed by atoms with Gasteiger partial charge in [-0.15, -0.1) is 0 Å². The van der Waals surface area contributed by atoms with Crippen molar-refractivity contribution >= 4 is 34.5 Å². The molecule has 102 valence electrons. The molecule has 0 fully saturated rings. The Kier molecular flexibility index (Phi) is 2.83. The highest BCUT2D eigenvalue weighted by Gasteiger charge is 2.15. The number of aryl methyl sites for hydroxylation is 1. The maximum Gasteiger partial charge on any atom is 0.274 e. The highest BCUT2D eigenvalue weighted by molar-refractivity contribution is 6.32. The van der Waals surface area contributed by atoms with Crippen LogP contribution in [-0.2, 0) is 7.05 Å². The standard InChI is InChI=1S/C12H11ClN6O/c1-18-6-8(11(13)17-18)15-12(20)9-4-2-7-3-5-10(14)16-19(7)9/h2-6H,1H3,(H2,14,16)(H,15,20). The molecule has 3 rings (SSSR count). The van der Waals surface area contributed by atoms with Crippen LogP contribution in [0.3, 0.4) is 0 Å². The minimum atomic E-state index is -0.335. The summed E-state index contributed by atoms with van der Waals surface area (Å²) in [6, 6.07) is 6.92. The number of nitrogen functional groups attached to an aromatic ring is 1. The molecule has 0 atom stereocenters. The number of nitrogens with one attached hydrogen (secondary N) is 1. The smallest absolute Gasteiger partial charge is 0.274 e. The number of hydrogen-bond donors (Lipinski definition) is 2. The first-order valence-electron chi connectivity index (χ1n) is 5.79. The van der Waals surface area contributed by atoms with Crippen LogP contribution in [0.2, 0.25) is 5.15 Å². The molecule has 0 radical (unpaired) electrons.